The van der Waals surface area contributed by atoms with Crippen LogP contribution >= 0.6 is 0 Å². The summed E-state index contributed by atoms with van der Waals surface area (Å²) in [6.45, 7) is 0. The van der Waals surface area contributed by atoms with Crippen molar-refractivity contribution in [2.45, 2.75) is 6.23 Å². The largest absolute Gasteiger partial charge is 0.382 e. The van der Waals surface area contributed by atoms with Gasteiger partial charge in [-0.25, -0.2) is 0 Å². The van der Waals surface area contributed by atoms with Gasteiger partial charge in [-0.05, 0) is 0 Å². The van der Waals surface area contributed by atoms with Crippen LogP contribution in [0.25, 0.3) is 0 Å². The molecule has 0 bridgehead atoms. The van der Waals surface area contributed by atoms with Crippen molar-refractivity contribution < 1.29 is 9.90 Å². The van der Waals surface area contributed by atoms with Gasteiger partial charge in [0.2, 0.25) is 6.41 Å². The van der Waals surface area contributed by atoms with Crippen molar-refractivity contribution in [3.05, 3.63) is 11.5 Å². The standard InChI is InChI=1S/C6H11N5O2/c1-11-5(13)3(9-2-12)4(7)10-6(11)8/h2,5,13H,7H2,1H3,(H2,8,10)(H,9,12). The van der Waals surface area contributed by atoms with Crippen molar-refractivity contribution in [2.75, 3.05) is 7.05 Å². The second kappa shape index (κ2) is 3.31. The molecule has 1 aliphatic rings. The molecule has 1 aliphatic heterocycles. The molecule has 72 valence electrons. The van der Waals surface area contributed by atoms with Gasteiger partial charge in [0.25, 0.3) is 0 Å². The Bertz CT molecular complexity index is 285. The molecule has 6 N–H and O–H groups in total. The lowest BCUT2D eigenvalue weighted by atomic mass is 10.3. The topological polar surface area (TPSA) is 117 Å². The number of carbonyl (C=O) groups excluding carboxylic acids is 1. The summed E-state index contributed by atoms with van der Waals surface area (Å²) in [7, 11) is 1.53. The van der Waals surface area contributed by atoms with Crippen molar-refractivity contribution in [2.24, 2.45) is 16.5 Å². The molecular weight excluding hydrogens is 174 g/mol. The molecule has 1 unspecified atom stereocenters. The number of aliphatic imine (C=N–C) groups is 1. The van der Waals surface area contributed by atoms with Crippen LogP contribution in [-0.2, 0) is 4.79 Å². The van der Waals surface area contributed by atoms with E-state index in [1.165, 1.54) is 11.9 Å². The minimum absolute atomic E-state index is 0.00944. The van der Waals surface area contributed by atoms with Gasteiger partial charge < -0.3 is 26.8 Å². The van der Waals surface area contributed by atoms with E-state index in [2.05, 4.69) is 10.3 Å². The highest BCUT2D eigenvalue weighted by Crippen LogP contribution is 2.11. The maximum Gasteiger partial charge on any atom is 0.211 e. The second-order valence-electron chi connectivity index (χ2n) is 2.52. The normalized spacial score (nSPS) is 22.8. The Morgan fingerprint density at radius 2 is 2.31 bits per heavy atom. The average Bonchev–Trinajstić information content (AvgIpc) is 2.09. The zero-order valence-electron chi connectivity index (χ0n) is 7.06. The molecule has 0 saturated heterocycles. The number of guanidine groups is 1. The van der Waals surface area contributed by atoms with Gasteiger partial charge in [0.1, 0.15) is 5.70 Å². The van der Waals surface area contributed by atoms with Crippen LogP contribution in [0.5, 0.6) is 0 Å². The first-order valence-electron chi connectivity index (χ1n) is 3.52. The van der Waals surface area contributed by atoms with E-state index >= 15 is 0 Å². The molecular formula is C6H11N5O2. The summed E-state index contributed by atoms with van der Waals surface area (Å²) >= 11 is 0. The summed E-state index contributed by atoms with van der Waals surface area (Å²) in [6.07, 6.45) is -0.654. The fourth-order valence-electron chi connectivity index (χ4n) is 0.926. The van der Waals surface area contributed by atoms with Crippen molar-refractivity contribution in [3.63, 3.8) is 0 Å². The van der Waals surface area contributed by atoms with E-state index in [9.17, 15) is 9.90 Å². The Morgan fingerprint density at radius 1 is 1.69 bits per heavy atom. The van der Waals surface area contributed by atoms with E-state index in [1.54, 1.807) is 0 Å². The lowest BCUT2D eigenvalue weighted by molar-refractivity contribution is -0.109. The van der Waals surface area contributed by atoms with Gasteiger partial charge >= 0.3 is 0 Å². The monoisotopic (exact) mass is 185 g/mol. The van der Waals surface area contributed by atoms with Crippen molar-refractivity contribution in [3.8, 4) is 0 Å². The third-order valence-corrected chi connectivity index (χ3v) is 1.71. The molecule has 13 heavy (non-hydrogen) atoms. The Kier molecular flexibility index (Phi) is 2.38. The molecule has 7 heteroatoms. The zero-order chi connectivity index (χ0) is 10.0. The summed E-state index contributed by atoms with van der Waals surface area (Å²) in [5, 5.41) is 11.8. The highest BCUT2D eigenvalue weighted by atomic mass is 16.3. The highest BCUT2D eigenvalue weighted by Gasteiger charge is 2.25. The fraction of sp³-hybridized carbons (Fsp3) is 0.333. The molecule has 1 rings (SSSR count). The summed E-state index contributed by atoms with van der Waals surface area (Å²) in [5.74, 6) is 0.108. The predicted octanol–water partition coefficient (Wildman–Crippen LogP) is -2.56. The Hall–Kier alpha value is -1.76. The quantitative estimate of drug-likeness (QED) is 0.353. The molecule has 1 atom stereocenters. The Balaban J connectivity index is 3.01. The van der Waals surface area contributed by atoms with Crippen LogP contribution < -0.4 is 16.8 Å². The lowest BCUT2D eigenvalue weighted by Gasteiger charge is -2.29. The summed E-state index contributed by atoms with van der Waals surface area (Å²) in [5.41, 5.74) is 10.9. The summed E-state index contributed by atoms with van der Waals surface area (Å²) in [6, 6.07) is 0. The average molecular weight is 185 g/mol. The number of nitrogens with one attached hydrogen (secondary N) is 1. The van der Waals surface area contributed by atoms with E-state index in [0.717, 1.165) is 0 Å². The molecule has 1 amide bonds. The van der Waals surface area contributed by atoms with Gasteiger partial charge in [-0.2, -0.15) is 4.99 Å². The number of hydrogen-bond acceptors (Lipinski definition) is 6. The number of likely N-dealkylation sites (N-methyl/N-ethyl adjacent to an activating group) is 1. The lowest BCUT2D eigenvalue weighted by Crippen LogP contribution is -2.49. The SMILES string of the molecule is CN1C(N)=NC(N)=C(NC=O)C1O. The van der Waals surface area contributed by atoms with Crippen LogP contribution in [0, 0.1) is 0 Å². The first kappa shape index (κ1) is 9.33. The first-order valence-corrected chi connectivity index (χ1v) is 3.52. The van der Waals surface area contributed by atoms with Gasteiger partial charge in [0, 0.05) is 7.05 Å². The predicted molar refractivity (Wildman–Crippen MR) is 45.8 cm³/mol. The van der Waals surface area contributed by atoms with E-state index in [1.807, 2.05) is 0 Å². The van der Waals surface area contributed by atoms with Crippen LogP contribution in [-0.4, -0.2) is 35.7 Å². The third kappa shape index (κ3) is 1.54. The molecule has 0 aromatic carbocycles. The summed E-state index contributed by atoms with van der Waals surface area (Å²) in [4.78, 5) is 15.1. The number of aliphatic hydroxyl groups excluding tert-OH is 1. The van der Waals surface area contributed by atoms with Crippen molar-refractivity contribution in [1.82, 2.24) is 10.2 Å². The maximum atomic E-state index is 10.1. The van der Waals surface area contributed by atoms with Gasteiger partial charge in [0.05, 0.1) is 0 Å². The number of nitrogens with zero attached hydrogens (tertiary/aromatic N) is 2. The zero-order valence-corrected chi connectivity index (χ0v) is 7.06. The smallest absolute Gasteiger partial charge is 0.211 e. The van der Waals surface area contributed by atoms with Crippen LogP contribution in [0.2, 0.25) is 0 Å². The van der Waals surface area contributed by atoms with Crippen molar-refractivity contribution in [1.29, 1.82) is 0 Å². The molecule has 0 aromatic heterocycles. The molecule has 0 radical (unpaired) electrons. The second-order valence-corrected chi connectivity index (χ2v) is 2.52. The Labute approximate surface area is 74.7 Å². The van der Waals surface area contributed by atoms with Crippen LogP contribution in [0.15, 0.2) is 16.5 Å². The number of aliphatic hydroxyl groups is 1. The van der Waals surface area contributed by atoms with Crippen LogP contribution in [0.4, 0.5) is 0 Å². The first-order chi connectivity index (χ1) is 6.07. The van der Waals surface area contributed by atoms with Gasteiger partial charge in [0.15, 0.2) is 18.0 Å². The van der Waals surface area contributed by atoms with Gasteiger partial charge in [-0.15, -0.1) is 0 Å². The maximum absolute atomic E-state index is 10.1. The molecule has 0 aliphatic carbocycles. The molecule has 1 heterocycles. The highest BCUT2D eigenvalue weighted by molar-refractivity contribution is 5.80. The van der Waals surface area contributed by atoms with E-state index in [-0.39, 0.29) is 17.5 Å². The van der Waals surface area contributed by atoms with E-state index in [0.29, 0.717) is 6.41 Å². The molecule has 0 saturated carbocycles. The van der Waals surface area contributed by atoms with Gasteiger partial charge in [-0.1, -0.05) is 0 Å². The van der Waals surface area contributed by atoms with E-state index < -0.39 is 6.23 Å². The van der Waals surface area contributed by atoms with Crippen molar-refractivity contribution >= 4 is 12.4 Å². The number of rotatable bonds is 2. The van der Waals surface area contributed by atoms with Crippen LogP contribution in [0.3, 0.4) is 0 Å². The number of carbonyl (C=O) groups is 1. The summed E-state index contributed by atoms with van der Waals surface area (Å²) < 4.78 is 0. The van der Waals surface area contributed by atoms with Gasteiger partial charge in [-0.3, -0.25) is 4.79 Å². The molecule has 7 nitrogen and oxygen atoms in total. The minimum Gasteiger partial charge on any atom is -0.382 e. The molecule has 0 fully saturated rings. The third-order valence-electron chi connectivity index (χ3n) is 1.71. The number of hydrogen-bond donors (Lipinski definition) is 4. The molecule has 0 spiro atoms. The van der Waals surface area contributed by atoms with E-state index in [4.69, 9.17) is 11.5 Å². The number of amides is 1. The Morgan fingerprint density at radius 3 is 2.85 bits per heavy atom. The minimum atomic E-state index is -1.07. The molecule has 0 aromatic rings. The number of nitrogens with two attached hydrogens (primary N) is 2. The van der Waals surface area contributed by atoms with Crippen LogP contribution in [0.1, 0.15) is 0 Å². The fourth-order valence-corrected chi connectivity index (χ4v) is 0.926.